The third kappa shape index (κ3) is 3.02. The summed E-state index contributed by atoms with van der Waals surface area (Å²) < 4.78 is 0. The van der Waals surface area contributed by atoms with Crippen molar-refractivity contribution in [3.05, 3.63) is 42.1 Å². The molecule has 1 aromatic carbocycles. The van der Waals surface area contributed by atoms with Crippen LogP contribution >= 0.6 is 0 Å². The molecule has 0 aliphatic rings. The van der Waals surface area contributed by atoms with Gasteiger partial charge in [-0.2, -0.15) is 0 Å². The molecule has 2 rings (SSSR count). The molecule has 0 radical (unpaired) electrons. The molecule has 0 saturated carbocycles. The predicted molar refractivity (Wildman–Crippen MR) is 72.1 cm³/mol. The highest BCUT2D eigenvalue weighted by Gasteiger charge is 2.05. The predicted octanol–water partition coefficient (Wildman–Crippen LogP) is 2.10. The number of hydrogen-bond donors (Lipinski definition) is 2. The fourth-order valence-corrected chi connectivity index (χ4v) is 1.86. The first kappa shape index (κ1) is 12.0. The quantitative estimate of drug-likeness (QED) is 0.771. The monoisotopic (exact) mass is 229 g/mol. The van der Waals surface area contributed by atoms with E-state index >= 15 is 0 Å². The summed E-state index contributed by atoms with van der Waals surface area (Å²) >= 11 is 0. The third-order valence-electron chi connectivity index (χ3n) is 2.94. The molecule has 0 aliphatic heterocycles. The first-order valence-corrected chi connectivity index (χ1v) is 6.04. The average molecular weight is 229 g/mol. The molecule has 2 aromatic rings. The molecule has 17 heavy (non-hydrogen) atoms. The Morgan fingerprint density at radius 1 is 1.24 bits per heavy atom. The molecule has 1 aromatic heterocycles. The Morgan fingerprint density at radius 2 is 2.06 bits per heavy atom. The van der Waals surface area contributed by atoms with Crippen molar-refractivity contribution in [1.82, 2.24) is 15.6 Å². The van der Waals surface area contributed by atoms with Crippen LogP contribution in [0.2, 0.25) is 0 Å². The largest absolute Gasteiger partial charge is 0.318 e. The number of para-hydroxylation sites is 1. The zero-order valence-electron chi connectivity index (χ0n) is 10.4. The molecular weight excluding hydrogens is 210 g/mol. The number of pyridine rings is 1. The lowest BCUT2D eigenvalue weighted by Crippen LogP contribution is -2.27. The van der Waals surface area contributed by atoms with Gasteiger partial charge in [0.15, 0.2) is 0 Å². The summed E-state index contributed by atoms with van der Waals surface area (Å²) in [6.45, 7) is 4.11. The van der Waals surface area contributed by atoms with Crippen LogP contribution in [0.4, 0.5) is 0 Å². The first-order valence-electron chi connectivity index (χ1n) is 6.04. The van der Waals surface area contributed by atoms with Crippen LogP contribution in [0.5, 0.6) is 0 Å². The maximum Gasteiger partial charge on any atom is 0.0702 e. The highest BCUT2D eigenvalue weighted by molar-refractivity contribution is 5.78. The summed E-state index contributed by atoms with van der Waals surface area (Å²) in [6, 6.07) is 10.8. The normalized spacial score (nSPS) is 12.8. The van der Waals surface area contributed by atoms with E-state index in [0.29, 0.717) is 6.04 Å². The highest BCUT2D eigenvalue weighted by Crippen LogP contribution is 2.17. The standard InChI is InChI=1S/C14H19N3/c1-11(16-8-7-15-2)13-9-12-5-3-4-6-14(12)17-10-13/h3-6,9-11,15-16H,7-8H2,1-2H3. The molecule has 3 heteroatoms. The summed E-state index contributed by atoms with van der Waals surface area (Å²) in [4.78, 5) is 4.47. The highest BCUT2D eigenvalue weighted by atomic mass is 14.9. The van der Waals surface area contributed by atoms with E-state index in [2.05, 4.69) is 34.7 Å². The summed E-state index contributed by atoms with van der Waals surface area (Å²) in [5, 5.41) is 7.79. The zero-order chi connectivity index (χ0) is 12.1. The van der Waals surface area contributed by atoms with Gasteiger partial charge in [0.1, 0.15) is 0 Å². The van der Waals surface area contributed by atoms with Gasteiger partial charge in [0, 0.05) is 30.7 Å². The van der Waals surface area contributed by atoms with Crippen LogP contribution in [0.1, 0.15) is 18.5 Å². The lowest BCUT2D eigenvalue weighted by atomic mass is 10.1. The first-order chi connectivity index (χ1) is 8.31. The zero-order valence-corrected chi connectivity index (χ0v) is 10.4. The Bertz CT molecular complexity index is 482. The molecule has 1 heterocycles. The third-order valence-corrected chi connectivity index (χ3v) is 2.94. The van der Waals surface area contributed by atoms with Crippen molar-refractivity contribution in [2.75, 3.05) is 20.1 Å². The molecule has 0 amide bonds. The topological polar surface area (TPSA) is 37.0 Å². The van der Waals surface area contributed by atoms with E-state index < -0.39 is 0 Å². The molecule has 1 atom stereocenters. The van der Waals surface area contributed by atoms with Crippen LogP contribution in [0.15, 0.2) is 36.5 Å². The number of benzene rings is 1. The number of rotatable bonds is 5. The second-order valence-corrected chi connectivity index (χ2v) is 4.24. The lowest BCUT2D eigenvalue weighted by molar-refractivity contribution is 0.562. The lowest BCUT2D eigenvalue weighted by Gasteiger charge is -2.14. The van der Waals surface area contributed by atoms with Gasteiger partial charge < -0.3 is 10.6 Å². The second kappa shape index (κ2) is 5.75. The van der Waals surface area contributed by atoms with Gasteiger partial charge in [-0.15, -0.1) is 0 Å². The van der Waals surface area contributed by atoms with Gasteiger partial charge in [-0.25, -0.2) is 0 Å². The maximum absolute atomic E-state index is 4.47. The van der Waals surface area contributed by atoms with Gasteiger partial charge in [0.05, 0.1) is 5.52 Å². The molecule has 0 bridgehead atoms. The minimum Gasteiger partial charge on any atom is -0.318 e. The fraction of sp³-hybridized carbons (Fsp3) is 0.357. The van der Waals surface area contributed by atoms with Gasteiger partial charge in [0.25, 0.3) is 0 Å². The maximum atomic E-state index is 4.47. The van der Waals surface area contributed by atoms with Crippen molar-refractivity contribution < 1.29 is 0 Å². The molecule has 2 N–H and O–H groups in total. The van der Waals surface area contributed by atoms with E-state index in [-0.39, 0.29) is 0 Å². The number of fused-ring (bicyclic) bond motifs is 1. The number of likely N-dealkylation sites (N-methyl/N-ethyl adjacent to an activating group) is 1. The number of nitrogens with one attached hydrogen (secondary N) is 2. The molecule has 0 saturated heterocycles. The van der Waals surface area contributed by atoms with Crippen LogP contribution in [0.25, 0.3) is 10.9 Å². The molecule has 90 valence electrons. The van der Waals surface area contributed by atoms with Gasteiger partial charge in [-0.1, -0.05) is 18.2 Å². The minimum atomic E-state index is 0.334. The second-order valence-electron chi connectivity index (χ2n) is 4.24. The summed E-state index contributed by atoms with van der Waals surface area (Å²) in [5.74, 6) is 0. The minimum absolute atomic E-state index is 0.334. The average Bonchev–Trinajstić information content (AvgIpc) is 2.38. The van der Waals surface area contributed by atoms with Crippen molar-refractivity contribution in [2.45, 2.75) is 13.0 Å². The Morgan fingerprint density at radius 3 is 2.88 bits per heavy atom. The van der Waals surface area contributed by atoms with Crippen LogP contribution < -0.4 is 10.6 Å². The SMILES string of the molecule is CNCCNC(C)c1cnc2ccccc2c1. The van der Waals surface area contributed by atoms with Crippen molar-refractivity contribution in [2.24, 2.45) is 0 Å². The van der Waals surface area contributed by atoms with Crippen molar-refractivity contribution >= 4 is 10.9 Å². The Labute approximate surface area is 102 Å². The van der Waals surface area contributed by atoms with Gasteiger partial charge in [-0.3, -0.25) is 4.98 Å². The Balaban J connectivity index is 2.12. The Kier molecular flexibility index (Phi) is 4.07. The van der Waals surface area contributed by atoms with Gasteiger partial charge in [0.2, 0.25) is 0 Å². The summed E-state index contributed by atoms with van der Waals surface area (Å²) in [6.07, 6.45) is 1.96. The van der Waals surface area contributed by atoms with Crippen LogP contribution in [0, 0.1) is 0 Å². The van der Waals surface area contributed by atoms with Crippen molar-refractivity contribution in [3.63, 3.8) is 0 Å². The molecule has 0 fully saturated rings. The van der Waals surface area contributed by atoms with Gasteiger partial charge >= 0.3 is 0 Å². The van der Waals surface area contributed by atoms with E-state index in [1.54, 1.807) is 0 Å². The van der Waals surface area contributed by atoms with E-state index in [1.165, 1.54) is 10.9 Å². The molecule has 0 aliphatic carbocycles. The van der Waals surface area contributed by atoms with E-state index in [9.17, 15) is 0 Å². The smallest absolute Gasteiger partial charge is 0.0702 e. The van der Waals surface area contributed by atoms with Crippen molar-refractivity contribution in [1.29, 1.82) is 0 Å². The number of nitrogens with zero attached hydrogens (tertiary/aromatic N) is 1. The molecular formula is C14H19N3. The number of hydrogen-bond acceptors (Lipinski definition) is 3. The Hall–Kier alpha value is -1.45. The fourth-order valence-electron chi connectivity index (χ4n) is 1.86. The van der Waals surface area contributed by atoms with Crippen LogP contribution in [-0.2, 0) is 0 Å². The van der Waals surface area contributed by atoms with Crippen LogP contribution in [-0.4, -0.2) is 25.1 Å². The van der Waals surface area contributed by atoms with E-state index in [4.69, 9.17) is 0 Å². The van der Waals surface area contributed by atoms with Crippen LogP contribution in [0.3, 0.4) is 0 Å². The molecule has 0 spiro atoms. The molecule has 1 unspecified atom stereocenters. The summed E-state index contributed by atoms with van der Waals surface area (Å²) in [5.41, 5.74) is 2.29. The van der Waals surface area contributed by atoms with E-state index in [0.717, 1.165) is 18.6 Å². The molecule has 3 nitrogen and oxygen atoms in total. The number of aromatic nitrogens is 1. The van der Waals surface area contributed by atoms with Gasteiger partial charge in [-0.05, 0) is 31.7 Å². The summed E-state index contributed by atoms with van der Waals surface area (Å²) in [7, 11) is 1.96. The van der Waals surface area contributed by atoms with Crippen molar-refractivity contribution in [3.8, 4) is 0 Å². The van der Waals surface area contributed by atoms with E-state index in [1.807, 2.05) is 31.4 Å².